The first-order valence-corrected chi connectivity index (χ1v) is 9.94. The van der Waals surface area contributed by atoms with E-state index in [9.17, 15) is 13.2 Å². The maximum Gasteiger partial charge on any atom is 0.272 e. The van der Waals surface area contributed by atoms with E-state index in [1.807, 2.05) is 4.90 Å². The molecule has 2 aliphatic rings. The lowest BCUT2D eigenvalue weighted by molar-refractivity contribution is 0.0755. The predicted octanol–water partition coefficient (Wildman–Crippen LogP) is 1.09. The first kappa shape index (κ1) is 16.2. The van der Waals surface area contributed by atoms with Gasteiger partial charge in [0.25, 0.3) is 5.91 Å². The molecule has 3 heterocycles. The van der Waals surface area contributed by atoms with Crippen molar-refractivity contribution < 1.29 is 13.2 Å². The molecule has 8 heteroatoms. The van der Waals surface area contributed by atoms with Crippen LogP contribution in [0.25, 0.3) is 0 Å². The van der Waals surface area contributed by atoms with Crippen LogP contribution in [0.1, 0.15) is 42.6 Å². The molecule has 0 bridgehead atoms. The molecule has 2 aliphatic heterocycles. The highest BCUT2D eigenvalue weighted by Gasteiger charge is 2.28. The molecule has 3 rings (SSSR count). The van der Waals surface area contributed by atoms with E-state index in [-0.39, 0.29) is 23.5 Å². The number of amides is 1. The molecule has 7 nitrogen and oxygen atoms in total. The Morgan fingerprint density at radius 2 is 1.91 bits per heavy atom. The normalized spacial score (nSPS) is 24.2. The number of aromatic nitrogens is 2. The SMILES string of the molecule is O=C(c1cc(NC2CCS(=O)(=O)C2)ncn1)N1CCCCCC1. The fourth-order valence-electron chi connectivity index (χ4n) is 3.11. The van der Waals surface area contributed by atoms with Crippen LogP contribution in [0, 0.1) is 0 Å². The summed E-state index contributed by atoms with van der Waals surface area (Å²) in [6.07, 6.45) is 6.31. The highest BCUT2D eigenvalue weighted by Crippen LogP contribution is 2.17. The number of anilines is 1. The van der Waals surface area contributed by atoms with Gasteiger partial charge in [-0.05, 0) is 19.3 Å². The van der Waals surface area contributed by atoms with Crippen molar-refractivity contribution >= 4 is 21.6 Å². The summed E-state index contributed by atoms with van der Waals surface area (Å²) in [5.74, 6) is 0.763. The summed E-state index contributed by atoms with van der Waals surface area (Å²) in [5, 5.41) is 3.11. The number of carbonyl (C=O) groups excluding carboxylic acids is 1. The summed E-state index contributed by atoms with van der Waals surface area (Å²) in [6.45, 7) is 1.54. The molecule has 1 N–H and O–H groups in total. The Morgan fingerprint density at radius 3 is 2.57 bits per heavy atom. The quantitative estimate of drug-likeness (QED) is 0.887. The molecule has 0 radical (unpaired) electrons. The molecule has 1 atom stereocenters. The monoisotopic (exact) mass is 338 g/mol. The molecule has 1 amide bonds. The first-order valence-electron chi connectivity index (χ1n) is 8.12. The number of rotatable bonds is 3. The van der Waals surface area contributed by atoms with Crippen LogP contribution in [-0.4, -0.2) is 59.8 Å². The lowest BCUT2D eigenvalue weighted by Crippen LogP contribution is -2.32. The number of nitrogens with zero attached hydrogens (tertiary/aromatic N) is 3. The third-order valence-corrected chi connectivity index (χ3v) is 6.13. The maximum atomic E-state index is 12.6. The molecule has 0 aromatic carbocycles. The number of sulfone groups is 1. The molecule has 126 valence electrons. The second-order valence-corrected chi connectivity index (χ2v) is 8.47. The Labute approximate surface area is 136 Å². The minimum absolute atomic E-state index is 0.0728. The van der Waals surface area contributed by atoms with Crippen molar-refractivity contribution in [2.45, 2.75) is 38.1 Å². The predicted molar refractivity (Wildman–Crippen MR) is 87.1 cm³/mol. The van der Waals surface area contributed by atoms with Crippen LogP contribution in [0.2, 0.25) is 0 Å². The Kier molecular flexibility index (Phi) is 4.79. The Morgan fingerprint density at radius 1 is 1.17 bits per heavy atom. The van der Waals surface area contributed by atoms with Crippen LogP contribution in [-0.2, 0) is 9.84 Å². The van der Waals surface area contributed by atoms with E-state index in [1.54, 1.807) is 6.07 Å². The Balaban J connectivity index is 1.68. The number of carbonyl (C=O) groups is 1. The van der Waals surface area contributed by atoms with Gasteiger partial charge < -0.3 is 10.2 Å². The number of hydrogen-bond acceptors (Lipinski definition) is 6. The molecule has 0 saturated carbocycles. The average molecular weight is 338 g/mol. The van der Waals surface area contributed by atoms with E-state index in [1.165, 1.54) is 6.33 Å². The fourth-order valence-corrected chi connectivity index (χ4v) is 4.78. The van der Waals surface area contributed by atoms with Gasteiger partial charge in [0.2, 0.25) is 0 Å². The molecule has 23 heavy (non-hydrogen) atoms. The molecular formula is C15H22N4O3S. The smallest absolute Gasteiger partial charge is 0.272 e. The van der Waals surface area contributed by atoms with Gasteiger partial charge >= 0.3 is 0 Å². The second-order valence-electron chi connectivity index (χ2n) is 6.24. The van der Waals surface area contributed by atoms with Crippen molar-refractivity contribution in [3.05, 3.63) is 18.1 Å². The zero-order valence-corrected chi connectivity index (χ0v) is 13.9. The van der Waals surface area contributed by atoms with Crippen molar-refractivity contribution in [2.24, 2.45) is 0 Å². The van der Waals surface area contributed by atoms with Crippen LogP contribution in [0.15, 0.2) is 12.4 Å². The lowest BCUT2D eigenvalue weighted by Gasteiger charge is -2.20. The molecule has 1 aromatic heterocycles. The molecule has 1 unspecified atom stereocenters. The van der Waals surface area contributed by atoms with Crippen LogP contribution < -0.4 is 5.32 Å². The second kappa shape index (κ2) is 6.82. The van der Waals surface area contributed by atoms with Gasteiger partial charge in [0, 0.05) is 25.2 Å². The van der Waals surface area contributed by atoms with E-state index in [2.05, 4.69) is 15.3 Å². The summed E-state index contributed by atoms with van der Waals surface area (Å²) in [5.41, 5.74) is 0.366. The summed E-state index contributed by atoms with van der Waals surface area (Å²) in [7, 11) is -2.94. The molecular weight excluding hydrogens is 316 g/mol. The van der Waals surface area contributed by atoms with Gasteiger partial charge in [0.1, 0.15) is 17.8 Å². The van der Waals surface area contributed by atoms with Gasteiger partial charge in [-0.3, -0.25) is 4.79 Å². The van der Waals surface area contributed by atoms with Crippen molar-refractivity contribution in [3.8, 4) is 0 Å². The highest BCUT2D eigenvalue weighted by molar-refractivity contribution is 7.91. The van der Waals surface area contributed by atoms with Crippen molar-refractivity contribution in [1.29, 1.82) is 0 Å². The van der Waals surface area contributed by atoms with Gasteiger partial charge in [-0.25, -0.2) is 18.4 Å². The van der Waals surface area contributed by atoms with E-state index in [0.29, 0.717) is 17.9 Å². The third-order valence-electron chi connectivity index (χ3n) is 4.36. The van der Waals surface area contributed by atoms with E-state index < -0.39 is 9.84 Å². The molecule has 2 saturated heterocycles. The van der Waals surface area contributed by atoms with Crippen molar-refractivity contribution in [2.75, 3.05) is 29.9 Å². The summed E-state index contributed by atoms with van der Waals surface area (Å²) in [6, 6.07) is 1.48. The van der Waals surface area contributed by atoms with Crippen molar-refractivity contribution in [3.63, 3.8) is 0 Å². The van der Waals surface area contributed by atoms with Crippen LogP contribution in [0.5, 0.6) is 0 Å². The summed E-state index contributed by atoms with van der Waals surface area (Å²) >= 11 is 0. The minimum atomic E-state index is -2.94. The Hall–Kier alpha value is -1.70. The molecule has 0 spiro atoms. The molecule has 2 fully saturated rings. The lowest BCUT2D eigenvalue weighted by atomic mass is 10.2. The van der Waals surface area contributed by atoms with Gasteiger partial charge in [-0.15, -0.1) is 0 Å². The minimum Gasteiger partial charge on any atom is -0.366 e. The van der Waals surface area contributed by atoms with Gasteiger partial charge in [0.05, 0.1) is 11.5 Å². The van der Waals surface area contributed by atoms with Gasteiger partial charge in [-0.2, -0.15) is 0 Å². The highest BCUT2D eigenvalue weighted by atomic mass is 32.2. The van der Waals surface area contributed by atoms with E-state index in [0.717, 1.165) is 38.8 Å². The first-order chi connectivity index (χ1) is 11.0. The number of likely N-dealkylation sites (tertiary alicyclic amines) is 1. The zero-order chi connectivity index (χ0) is 16.3. The average Bonchev–Trinajstić information content (AvgIpc) is 2.74. The largest absolute Gasteiger partial charge is 0.366 e. The van der Waals surface area contributed by atoms with Crippen molar-refractivity contribution in [1.82, 2.24) is 14.9 Å². The zero-order valence-electron chi connectivity index (χ0n) is 13.1. The summed E-state index contributed by atoms with van der Waals surface area (Å²) < 4.78 is 23.0. The van der Waals surface area contributed by atoms with Crippen LogP contribution >= 0.6 is 0 Å². The summed E-state index contributed by atoms with van der Waals surface area (Å²) in [4.78, 5) is 22.6. The van der Waals surface area contributed by atoms with E-state index >= 15 is 0 Å². The van der Waals surface area contributed by atoms with Crippen LogP contribution in [0.3, 0.4) is 0 Å². The van der Waals surface area contributed by atoms with Crippen LogP contribution in [0.4, 0.5) is 5.82 Å². The molecule has 1 aromatic rings. The van der Waals surface area contributed by atoms with Gasteiger partial charge in [-0.1, -0.05) is 12.8 Å². The topological polar surface area (TPSA) is 92.3 Å². The van der Waals surface area contributed by atoms with Gasteiger partial charge in [0.15, 0.2) is 9.84 Å². The van der Waals surface area contributed by atoms with E-state index in [4.69, 9.17) is 0 Å². The Bertz CT molecular complexity index is 669. The third kappa shape index (κ3) is 4.19. The molecule has 0 aliphatic carbocycles. The standard InChI is InChI=1S/C15H22N4O3S/c20-15(19-6-3-1-2-4-7-19)13-9-14(17-11-16-13)18-12-5-8-23(21,22)10-12/h9,11-12H,1-8,10H2,(H,16,17,18). The maximum absolute atomic E-state index is 12.6. The fraction of sp³-hybridized carbons (Fsp3) is 0.667. The number of hydrogen-bond donors (Lipinski definition) is 1. The number of nitrogens with one attached hydrogen (secondary N) is 1.